The summed E-state index contributed by atoms with van der Waals surface area (Å²) in [6.07, 6.45) is 0. The maximum Gasteiger partial charge on any atom is 0.0331 e. The number of hydrogen-bond acceptors (Lipinski definition) is 2. The van der Waals surface area contributed by atoms with Gasteiger partial charge in [0.2, 0.25) is 0 Å². The second kappa shape index (κ2) is 6.69. The van der Waals surface area contributed by atoms with E-state index in [1.807, 2.05) is 0 Å². The van der Waals surface area contributed by atoms with E-state index in [2.05, 4.69) is 72.8 Å². The first-order chi connectivity index (χ1) is 8.41. The van der Waals surface area contributed by atoms with Crippen LogP contribution in [0, 0.1) is 5.41 Å². The summed E-state index contributed by atoms with van der Waals surface area (Å²) in [6, 6.07) is 8.84. The molecule has 0 saturated carbocycles. The monoisotopic (exact) mass is 312 g/mol. The van der Waals surface area contributed by atoms with Crippen LogP contribution in [0.1, 0.15) is 39.3 Å². The van der Waals surface area contributed by atoms with Gasteiger partial charge < -0.3 is 5.73 Å². The van der Waals surface area contributed by atoms with Gasteiger partial charge in [0.1, 0.15) is 0 Å². The van der Waals surface area contributed by atoms with Crippen molar-refractivity contribution in [2.75, 3.05) is 19.6 Å². The Balaban J connectivity index is 2.86. The number of rotatable bonds is 6. The highest BCUT2D eigenvalue weighted by Crippen LogP contribution is 2.29. The standard InChI is InChI=1S/C15H25BrN2/c1-5-18(11-15(3,4)10-17)12(2)13-8-6-7-9-14(13)16/h6-9,12H,5,10-11,17H2,1-4H3. The lowest BCUT2D eigenvalue weighted by Crippen LogP contribution is -2.40. The molecule has 3 heteroatoms. The highest BCUT2D eigenvalue weighted by atomic mass is 79.9. The van der Waals surface area contributed by atoms with Gasteiger partial charge >= 0.3 is 0 Å². The minimum atomic E-state index is 0.158. The van der Waals surface area contributed by atoms with Crippen molar-refractivity contribution in [3.05, 3.63) is 34.3 Å². The molecule has 0 aliphatic carbocycles. The van der Waals surface area contributed by atoms with Crippen molar-refractivity contribution in [1.29, 1.82) is 0 Å². The van der Waals surface area contributed by atoms with Gasteiger partial charge in [-0.15, -0.1) is 0 Å². The molecular weight excluding hydrogens is 288 g/mol. The Morgan fingerprint density at radius 1 is 1.33 bits per heavy atom. The van der Waals surface area contributed by atoms with Crippen molar-refractivity contribution in [1.82, 2.24) is 4.90 Å². The molecule has 0 aliphatic heterocycles. The van der Waals surface area contributed by atoms with Crippen LogP contribution in [0.2, 0.25) is 0 Å². The van der Waals surface area contributed by atoms with Crippen LogP contribution in [0.5, 0.6) is 0 Å². The van der Waals surface area contributed by atoms with E-state index in [-0.39, 0.29) is 5.41 Å². The minimum absolute atomic E-state index is 0.158. The fourth-order valence-electron chi connectivity index (χ4n) is 2.15. The summed E-state index contributed by atoms with van der Waals surface area (Å²) in [5.41, 5.74) is 7.34. The first kappa shape index (κ1) is 15.7. The average Bonchev–Trinajstić information content (AvgIpc) is 2.36. The lowest BCUT2D eigenvalue weighted by molar-refractivity contribution is 0.147. The Morgan fingerprint density at radius 2 is 1.94 bits per heavy atom. The summed E-state index contributed by atoms with van der Waals surface area (Å²) in [6.45, 7) is 11.7. The number of nitrogens with two attached hydrogens (primary N) is 1. The third-order valence-electron chi connectivity index (χ3n) is 3.49. The van der Waals surface area contributed by atoms with Gasteiger partial charge in [-0.3, -0.25) is 4.90 Å². The topological polar surface area (TPSA) is 29.3 Å². The number of benzene rings is 1. The molecule has 0 amide bonds. The molecule has 1 atom stereocenters. The molecule has 0 spiro atoms. The second-order valence-electron chi connectivity index (χ2n) is 5.63. The summed E-state index contributed by atoms with van der Waals surface area (Å²) >= 11 is 3.64. The normalized spacial score (nSPS) is 13.9. The Hall–Kier alpha value is -0.380. The lowest BCUT2D eigenvalue weighted by atomic mass is 9.92. The zero-order valence-corrected chi connectivity index (χ0v) is 13.5. The van der Waals surface area contributed by atoms with Gasteiger partial charge in [0.05, 0.1) is 0 Å². The fourth-order valence-corrected chi connectivity index (χ4v) is 2.76. The van der Waals surface area contributed by atoms with Crippen molar-refractivity contribution in [3.63, 3.8) is 0 Å². The highest BCUT2D eigenvalue weighted by Gasteiger charge is 2.24. The summed E-state index contributed by atoms with van der Waals surface area (Å²) in [5.74, 6) is 0. The maximum atomic E-state index is 5.84. The van der Waals surface area contributed by atoms with Gasteiger partial charge in [0.25, 0.3) is 0 Å². The largest absolute Gasteiger partial charge is 0.330 e. The zero-order valence-electron chi connectivity index (χ0n) is 11.9. The molecule has 2 N–H and O–H groups in total. The van der Waals surface area contributed by atoms with E-state index in [0.717, 1.165) is 13.1 Å². The molecule has 102 valence electrons. The van der Waals surface area contributed by atoms with Gasteiger partial charge in [0, 0.05) is 17.1 Å². The smallest absolute Gasteiger partial charge is 0.0331 e. The predicted molar refractivity (Wildman–Crippen MR) is 82.6 cm³/mol. The van der Waals surface area contributed by atoms with Crippen LogP contribution in [0.25, 0.3) is 0 Å². The van der Waals surface area contributed by atoms with Crippen LogP contribution in [0.15, 0.2) is 28.7 Å². The maximum absolute atomic E-state index is 5.84. The van der Waals surface area contributed by atoms with Crippen LogP contribution in [-0.4, -0.2) is 24.5 Å². The van der Waals surface area contributed by atoms with Gasteiger partial charge in [-0.05, 0) is 37.1 Å². The van der Waals surface area contributed by atoms with Gasteiger partial charge in [-0.1, -0.05) is 54.9 Å². The molecule has 18 heavy (non-hydrogen) atoms. The molecule has 0 bridgehead atoms. The summed E-state index contributed by atoms with van der Waals surface area (Å²) in [5, 5.41) is 0. The Kier molecular flexibility index (Phi) is 5.83. The Morgan fingerprint density at radius 3 is 2.44 bits per heavy atom. The molecule has 0 aliphatic rings. The quantitative estimate of drug-likeness (QED) is 0.865. The van der Waals surface area contributed by atoms with Crippen LogP contribution in [-0.2, 0) is 0 Å². The molecule has 2 nitrogen and oxygen atoms in total. The van der Waals surface area contributed by atoms with Gasteiger partial charge in [-0.25, -0.2) is 0 Å². The Labute approximate surface area is 120 Å². The fraction of sp³-hybridized carbons (Fsp3) is 0.600. The van der Waals surface area contributed by atoms with Gasteiger partial charge in [-0.2, -0.15) is 0 Å². The summed E-state index contributed by atoms with van der Waals surface area (Å²) < 4.78 is 1.18. The van der Waals surface area contributed by atoms with E-state index in [9.17, 15) is 0 Å². The number of halogens is 1. The molecule has 0 fully saturated rings. The third-order valence-corrected chi connectivity index (χ3v) is 4.22. The van der Waals surface area contributed by atoms with E-state index in [1.54, 1.807) is 0 Å². The lowest BCUT2D eigenvalue weighted by Gasteiger charge is -2.35. The third kappa shape index (κ3) is 4.08. The van der Waals surface area contributed by atoms with Crippen LogP contribution >= 0.6 is 15.9 Å². The zero-order chi connectivity index (χ0) is 13.8. The van der Waals surface area contributed by atoms with E-state index in [0.29, 0.717) is 12.6 Å². The second-order valence-corrected chi connectivity index (χ2v) is 6.48. The molecule has 0 heterocycles. The molecule has 1 rings (SSSR count). The predicted octanol–water partition coefficient (Wildman–Crippen LogP) is 3.82. The van der Waals surface area contributed by atoms with E-state index in [4.69, 9.17) is 5.73 Å². The molecule has 0 aromatic heterocycles. The van der Waals surface area contributed by atoms with Crippen molar-refractivity contribution >= 4 is 15.9 Å². The van der Waals surface area contributed by atoms with Crippen LogP contribution in [0.3, 0.4) is 0 Å². The van der Waals surface area contributed by atoms with Crippen molar-refractivity contribution in [2.45, 2.75) is 33.7 Å². The van der Waals surface area contributed by atoms with E-state index >= 15 is 0 Å². The molecule has 0 radical (unpaired) electrons. The van der Waals surface area contributed by atoms with Crippen LogP contribution < -0.4 is 5.73 Å². The van der Waals surface area contributed by atoms with Crippen LogP contribution in [0.4, 0.5) is 0 Å². The summed E-state index contributed by atoms with van der Waals surface area (Å²) in [7, 11) is 0. The van der Waals surface area contributed by atoms with E-state index in [1.165, 1.54) is 10.0 Å². The molecular formula is C15H25BrN2. The average molecular weight is 313 g/mol. The molecule has 1 aromatic rings. The Bertz CT molecular complexity index is 377. The first-order valence-corrected chi connectivity index (χ1v) is 7.39. The molecule has 1 aromatic carbocycles. The SMILES string of the molecule is CCN(CC(C)(C)CN)C(C)c1ccccc1Br. The van der Waals surface area contributed by atoms with E-state index < -0.39 is 0 Å². The van der Waals surface area contributed by atoms with Gasteiger partial charge in [0.15, 0.2) is 0 Å². The van der Waals surface area contributed by atoms with Crippen molar-refractivity contribution < 1.29 is 0 Å². The van der Waals surface area contributed by atoms with Crippen molar-refractivity contribution in [3.8, 4) is 0 Å². The van der Waals surface area contributed by atoms with Crippen molar-refractivity contribution in [2.24, 2.45) is 11.1 Å². The number of hydrogen-bond donors (Lipinski definition) is 1. The minimum Gasteiger partial charge on any atom is -0.330 e. The highest BCUT2D eigenvalue weighted by molar-refractivity contribution is 9.10. The molecule has 0 saturated heterocycles. The number of nitrogens with zero attached hydrogens (tertiary/aromatic N) is 1. The molecule has 1 unspecified atom stereocenters. The summed E-state index contributed by atoms with van der Waals surface area (Å²) in [4.78, 5) is 2.48. The first-order valence-electron chi connectivity index (χ1n) is 6.60.